The molecule has 18 heavy (non-hydrogen) atoms. The van der Waals surface area contributed by atoms with E-state index in [9.17, 15) is 9.59 Å². The van der Waals surface area contributed by atoms with Gasteiger partial charge in [-0.25, -0.2) is 0 Å². The van der Waals surface area contributed by atoms with E-state index in [1.165, 1.54) is 0 Å². The number of carbonyl (C=O) groups excluding carboxylic acids is 2. The summed E-state index contributed by atoms with van der Waals surface area (Å²) in [5.74, 6) is -0.322. The third-order valence-corrected chi connectivity index (χ3v) is 2.65. The summed E-state index contributed by atoms with van der Waals surface area (Å²) >= 11 is 0. The Morgan fingerprint density at radius 1 is 1.28 bits per heavy atom. The minimum Gasteiger partial charge on any atom is -0.465 e. The van der Waals surface area contributed by atoms with Gasteiger partial charge in [-0.1, -0.05) is 20.8 Å². The van der Waals surface area contributed by atoms with Gasteiger partial charge >= 0.3 is 5.97 Å². The van der Waals surface area contributed by atoms with Crippen molar-refractivity contribution >= 4 is 11.9 Å². The fraction of sp³-hybridized carbons (Fsp3) is 0.846. The zero-order valence-corrected chi connectivity index (χ0v) is 11.9. The first-order valence-corrected chi connectivity index (χ1v) is 6.60. The summed E-state index contributed by atoms with van der Waals surface area (Å²) in [5, 5.41) is 0. The van der Waals surface area contributed by atoms with E-state index in [1.54, 1.807) is 11.8 Å². The zero-order valence-electron chi connectivity index (χ0n) is 11.9. The van der Waals surface area contributed by atoms with E-state index in [0.29, 0.717) is 32.0 Å². The molecular formula is C13H26N2O3. The van der Waals surface area contributed by atoms with Gasteiger partial charge in [0.25, 0.3) is 0 Å². The van der Waals surface area contributed by atoms with E-state index in [-0.39, 0.29) is 24.3 Å². The Labute approximate surface area is 110 Å². The van der Waals surface area contributed by atoms with Gasteiger partial charge in [-0.2, -0.15) is 0 Å². The molecule has 0 heterocycles. The number of esters is 1. The maximum Gasteiger partial charge on any atom is 0.325 e. The largest absolute Gasteiger partial charge is 0.465 e. The molecule has 0 bridgehead atoms. The molecule has 2 N–H and O–H groups in total. The van der Waals surface area contributed by atoms with Gasteiger partial charge in [0, 0.05) is 13.1 Å². The van der Waals surface area contributed by atoms with E-state index < -0.39 is 0 Å². The summed E-state index contributed by atoms with van der Waals surface area (Å²) in [6.45, 7) is 8.90. The van der Waals surface area contributed by atoms with Gasteiger partial charge in [0.05, 0.1) is 12.5 Å². The number of nitrogens with zero attached hydrogens (tertiary/aromatic N) is 1. The normalized spacial score (nSPS) is 12.3. The van der Waals surface area contributed by atoms with Crippen molar-refractivity contribution in [2.75, 3.05) is 26.2 Å². The second kappa shape index (κ2) is 8.91. The standard InChI is InChI=1S/C13H26N2O3/c1-5-11(7-14)13(17)15(8-10(3)4)9-12(16)18-6-2/h10-11H,5-9,14H2,1-4H3. The molecule has 5 nitrogen and oxygen atoms in total. The number of hydrogen-bond donors (Lipinski definition) is 1. The van der Waals surface area contributed by atoms with E-state index in [4.69, 9.17) is 10.5 Å². The summed E-state index contributed by atoms with van der Waals surface area (Å²) in [6.07, 6.45) is 0.687. The van der Waals surface area contributed by atoms with Crippen LogP contribution in [-0.4, -0.2) is 43.0 Å². The number of ether oxygens (including phenoxy) is 1. The third-order valence-electron chi connectivity index (χ3n) is 2.65. The van der Waals surface area contributed by atoms with Crippen LogP contribution in [0.4, 0.5) is 0 Å². The Kier molecular flexibility index (Phi) is 8.37. The lowest BCUT2D eigenvalue weighted by atomic mass is 10.0. The van der Waals surface area contributed by atoms with Crippen LogP contribution in [0.25, 0.3) is 0 Å². The van der Waals surface area contributed by atoms with Crippen LogP contribution in [0.1, 0.15) is 34.1 Å². The summed E-state index contributed by atoms with van der Waals surface area (Å²) in [4.78, 5) is 25.3. The van der Waals surface area contributed by atoms with Crippen LogP contribution in [0, 0.1) is 11.8 Å². The number of rotatable bonds is 8. The molecule has 0 fully saturated rings. The molecule has 0 aromatic carbocycles. The first-order valence-electron chi connectivity index (χ1n) is 6.60. The topological polar surface area (TPSA) is 72.6 Å². The second-order valence-corrected chi connectivity index (χ2v) is 4.76. The highest BCUT2D eigenvalue weighted by atomic mass is 16.5. The SMILES string of the molecule is CCOC(=O)CN(CC(C)C)C(=O)C(CC)CN. The van der Waals surface area contributed by atoms with Crippen molar-refractivity contribution < 1.29 is 14.3 Å². The maximum atomic E-state index is 12.2. The molecule has 1 atom stereocenters. The first kappa shape index (κ1) is 16.9. The predicted octanol–water partition coefficient (Wildman–Crippen LogP) is 1.02. The summed E-state index contributed by atoms with van der Waals surface area (Å²) in [5.41, 5.74) is 5.58. The Balaban J connectivity index is 4.65. The zero-order chi connectivity index (χ0) is 14.1. The Morgan fingerprint density at radius 2 is 1.89 bits per heavy atom. The summed E-state index contributed by atoms with van der Waals surface area (Å²) in [6, 6.07) is 0. The number of hydrogen-bond acceptors (Lipinski definition) is 4. The van der Waals surface area contributed by atoms with E-state index in [0.717, 1.165) is 0 Å². The Hall–Kier alpha value is -1.10. The van der Waals surface area contributed by atoms with Crippen LogP contribution in [0.2, 0.25) is 0 Å². The van der Waals surface area contributed by atoms with Gasteiger partial charge in [0.15, 0.2) is 0 Å². The van der Waals surface area contributed by atoms with Gasteiger partial charge in [-0.05, 0) is 19.3 Å². The fourth-order valence-corrected chi connectivity index (χ4v) is 1.74. The predicted molar refractivity (Wildman–Crippen MR) is 70.9 cm³/mol. The molecule has 0 aromatic heterocycles. The Bertz CT molecular complexity index is 263. The number of amides is 1. The van der Waals surface area contributed by atoms with Crippen LogP contribution < -0.4 is 5.73 Å². The van der Waals surface area contributed by atoms with Gasteiger partial charge < -0.3 is 15.4 Å². The molecule has 106 valence electrons. The van der Waals surface area contributed by atoms with Crippen LogP contribution in [0.3, 0.4) is 0 Å². The highest BCUT2D eigenvalue weighted by Crippen LogP contribution is 2.09. The lowest BCUT2D eigenvalue weighted by Crippen LogP contribution is -2.44. The van der Waals surface area contributed by atoms with Crippen LogP contribution in [-0.2, 0) is 14.3 Å². The summed E-state index contributed by atoms with van der Waals surface area (Å²) in [7, 11) is 0. The molecule has 0 rings (SSSR count). The number of nitrogens with two attached hydrogens (primary N) is 1. The van der Waals surface area contributed by atoms with E-state index >= 15 is 0 Å². The van der Waals surface area contributed by atoms with Crippen molar-refractivity contribution in [1.82, 2.24) is 4.90 Å². The van der Waals surface area contributed by atoms with Crippen molar-refractivity contribution in [1.29, 1.82) is 0 Å². The van der Waals surface area contributed by atoms with Crippen LogP contribution >= 0.6 is 0 Å². The first-order chi connectivity index (χ1) is 8.46. The molecule has 5 heteroatoms. The lowest BCUT2D eigenvalue weighted by Gasteiger charge is -2.27. The molecule has 0 radical (unpaired) electrons. The maximum absolute atomic E-state index is 12.2. The second-order valence-electron chi connectivity index (χ2n) is 4.76. The number of carbonyl (C=O) groups is 2. The third kappa shape index (κ3) is 6.00. The highest BCUT2D eigenvalue weighted by Gasteiger charge is 2.24. The quantitative estimate of drug-likeness (QED) is 0.660. The molecule has 0 aromatic rings. The van der Waals surface area contributed by atoms with Crippen LogP contribution in [0.15, 0.2) is 0 Å². The van der Waals surface area contributed by atoms with Crippen molar-refractivity contribution in [3.63, 3.8) is 0 Å². The lowest BCUT2D eigenvalue weighted by molar-refractivity contribution is -0.150. The van der Waals surface area contributed by atoms with Gasteiger partial charge in [-0.3, -0.25) is 9.59 Å². The minimum atomic E-state index is -0.363. The highest BCUT2D eigenvalue weighted by molar-refractivity contribution is 5.83. The molecule has 0 spiro atoms. The van der Waals surface area contributed by atoms with E-state index in [2.05, 4.69) is 0 Å². The molecule has 0 saturated carbocycles. The molecule has 0 aliphatic carbocycles. The average molecular weight is 258 g/mol. The van der Waals surface area contributed by atoms with Crippen molar-refractivity contribution in [3.8, 4) is 0 Å². The molecule has 0 saturated heterocycles. The van der Waals surface area contributed by atoms with Crippen molar-refractivity contribution in [2.45, 2.75) is 34.1 Å². The molecule has 0 aliphatic heterocycles. The van der Waals surface area contributed by atoms with Crippen LogP contribution in [0.5, 0.6) is 0 Å². The van der Waals surface area contributed by atoms with E-state index in [1.807, 2.05) is 20.8 Å². The van der Waals surface area contributed by atoms with Gasteiger partial charge in [0.1, 0.15) is 6.54 Å². The van der Waals surface area contributed by atoms with Gasteiger partial charge in [-0.15, -0.1) is 0 Å². The smallest absolute Gasteiger partial charge is 0.325 e. The molecule has 0 aliphatic rings. The molecule has 1 amide bonds. The van der Waals surface area contributed by atoms with Crippen molar-refractivity contribution in [2.24, 2.45) is 17.6 Å². The average Bonchev–Trinajstić information content (AvgIpc) is 2.29. The summed E-state index contributed by atoms with van der Waals surface area (Å²) < 4.78 is 4.89. The molecular weight excluding hydrogens is 232 g/mol. The monoisotopic (exact) mass is 258 g/mol. The van der Waals surface area contributed by atoms with Crippen molar-refractivity contribution in [3.05, 3.63) is 0 Å². The fourth-order valence-electron chi connectivity index (χ4n) is 1.74. The molecule has 1 unspecified atom stereocenters. The van der Waals surface area contributed by atoms with Gasteiger partial charge in [0.2, 0.25) is 5.91 Å². The Morgan fingerprint density at radius 3 is 2.28 bits per heavy atom. The minimum absolute atomic E-state index is 0.0152.